The fourth-order valence-electron chi connectivity index (χ4n) is 2.70. The van der Waals surface area contributed by atoms with E-state index in [0.717, 1.165) is 18.2 Å². The fourth-order valence-corrected chi connectivity index (χ4v) is 2.70. The van der Waals surface area contributed by atoms with Crippen LogP contribution in [0.5, 0.6) is 0 Å². The van der Waals surface area contributed by atoms with Crippen LogP contribution in [0, 0.1) is 13.8 Å². The van der Waals surface area contributed by atoms with E-state index >= 15 is 0 Å². The number of hydrogen-bond donors (Lipinski definition) is 2. The molecule has 0 amide bonds. The summed E-state index contributed by atoms with van der Waals surface area (Å²) in [6.07, 6.45) is 5.17. The highest BCUT2D eigenvalue weighted by Crippen LogP contribution is 2.17. The summed E-state index contributed by atoms with van der Waals surface area (Å²) in [5.41, 5.74) is 3.56. The number of aromatic nitrogens is 2. The van der Waals surface area contributed by atoms with Crippen LogP contribution in [0.2, 0.25) is 0 Å². The van der Waals surface area contributed by atoms with E-state index in [9.17, 15) is 0 Å². The molecule has 1 fully saturated rings. The van der Waals surface area contributed by atoms with E-state index in [1.807, 2.05) is 18.8 Å². The van der Waals surface area contributed by atoms with Crippen molar-refractivity contribution in [1.29, 1.82) is 0 Å². The van der Waals surface area contributed by atoms with Gasteiger partial charge in [0, 0.05) is 37.9 Å². The Morgan fingerprint density at radius 2 is 2.00 bits per heavy atom. The zero-order valence-electron chi connectivity index (χ0n) is 12.9. The molecule has 2 rings (SSSR count). The van der Waals surface area contributed by atoms with Gasteiger partial charge >= 0.3 is 0 Å². The molecule has 1 aliphatic carbocycles. The van der Waals surface area contributed by atoms with Crippen LogP contribution in [0.25, 0.3) is 0 Å². The van der Waals surface area contributed by atoms with Crippen molar-refractivity contribution < 1.29 is 0 Å². The Hall–Kier alpha value is -0.790. The van der Waals surface area contributed by atoms with Gasteiger partial charge in [-0.3, -0.25) is 9.67 Å². The van der Waals surface area contributed by atoms with Gasteiger partial charge in [0.25, 0.3) is 0 Å². The zero-order chi connectivity index (χ0) is 13.8. The molecule has 114 valence electrons. The van der Waals surface area contributed by atoms with Crippen LogP contribution in [0.4, 0.5) is 0 Å². The average Bonchev–Trinajstić information content (AvgIpc) is 2.97. The second-order valence-corrected chi connectivity index (χ2v) is 5.32. The Morgan fingerprint density at radius 1 is 1.35 bits per heavy atom. The summed E-state index contributed by atoms with van der Waals surface area (Å²) in [5, 5.41) is 11.3. The molecule has 20 heavy (non-hydrogen) atoms. The van der Waals surface area contributed by atoms with Crippen molar-refractivity contribution in [1.82, 2.24) is 20.4 Å². The third-order valence-electron chi connectivity index (χ3n) is 4.01. The van der Waals surface area contributed by atoms with E-state index in [-0.39, 0.29) is 24.0 Å². The molecule has 0 radical (unpaired) electrons. The maximum atomic E-state index is 4.43. The van der Waals surface area contributed by atoms with Gasteiger partial charge in [-0.15, -0.1) is 24.0 Å². The highest BCUT2D eigenvalue weighted by molar-refractivity contribution is 14.0. The summed E-state index contributed by atoms with van der Waals surface area (Å²) in [7, 11) is 3.81. The quantitative estimate of drug-likeness (QED) is 0.472. The molecule has 0 aliphatic heterocycles. The molecule has 1 heterocycles. The van der Waals surface area contributed by atoms with Crippen molar-refractivity contribution in [2.45, 2.75) is 52.1 Å². The normalized spacial score (nSPS) is 16.1. The summed E-state index contributed by atoms with van der Waals surface area (Å²) in [5.74, 6) is 0.898. The van der Waals surface area contributed by atoms with Crippen LogP contribution in [-0.4, -0.2) is 28.8 Å². The molecule has 0 aromatic carbocycles. The van der Waals surface area contributed by atoms with Gasteiger partial charge in [-0.1, -0.05) is 12.8 Å². The van der Waals surface area contributed by atoms with E-state index < -0.39 is 0 Å². The lowest BCUT2D eigenvalue weighted by molar-refractivity contribution is 0.613. The van der Waals surface area contributed by atoms with Gasteiger partial charge < -0.3 is 10.6 Å². The summed E-state index contributed by atoms with van der Waals surface area (Å²) in [6, 6.07) is 0.585. The van der Waals surface area contributed by atoms with Gasteiger partial charge in [0.1, 0.15) is 0 Å². The molecule has 2 N–H and O–H groups in total. The van der Waals surface area contributed by atoms with Gasteiger partial charge in [0.15, 0.2) is 5.96 Å². The van der Waals surface area contributed by atoms with E-state index in [0.29, 0.717) is 6.04 Å². The molecule has 0 spiro atoms. The van der Waals surface area contributed by atoms with Crippen LogP contribution in [0.15, 0.2) is 4.99 Å². The molecule has 6 heteroatoms. The first kappa shape index (κ1) is 17.3. The van der Waals surface area contributed by atoms with E-state index in [1.54, 1.807) is 0 Å². The second-order valence-electron chi connectivity index (χ2n) is 5.32. The lowest BCUT2D eigenvalue weighted by Crippen LogP contribution is -2.42. The fraction of sp³-hybridized carbons (Fsp3) is 0.714. The van der Waals surface area contributed by atoms with Gasteiger partial charge in [-0.2, -0.15) is 5.10 Å². The summed E-state index contributed by atoms with van der Waals surface area (Å²) in [4.78, 5) is 4.30. The van der Waals surface area contributed by atoms with Gasteiger partial charge in [0.05, 0.1) is 5.69 Å². The van der Waals surface area contributed by atoms with Crippen molar-refractivity contribution in [3.8, 4) is 0 Å². The maximum Gasteiger partial charge on any atom is 0.191 e. The van der Waals surface area contributed by atoms with E-state index in [2.05, 4.69) is 34.6 Å². The van der Waals surface area contributed by atoms with Gasteiger partial charge in [-0.25, -0.2) is 0 Å². The smallest absolute Gasteiger partial charge is 0.191 e. The Bertz CT molecular complexity index is 460. The Morgan fingerprint density at radius 3 is 2.50 bits per heavy atom. The van der Waals surface area contributed by atoms with Crippen molar-refractivity contribution in [2.24, 2.45) is 12.0 Å². The third kappa shape index (κ3) is 4.10. The Kier molecular flexibility index (Phi) is 6.78. The molecule has 1 aromatic heterocycles. The highest BCUT2D eigenvalue weighted by atomic mass is 127. The van der Waals surface area contributed by atoms with E-state index in [1.165, 1.54) is 36.9 Å². The predicted octanol–water partition coefficient (Wildman–Crippen LogP) is 2.26. The Balaban J connectivity index is 0.00000200. The summed E-state index contributed by atoms with van der Waals surface area (Å²) < 4.78 is 1.93. The summed E-state index contributed by atoms with van der Waals surface area (Å²) in [6.45, 7) is 4.93. The molecule has 0 saturated heterocycles. The number of rotatable bonds is 3. The first-order chi connectivity index (χ1) is 9.11. The molecular formula is C14H26IN5. The minimum Gasteiger partial charge on any atom is -0.354 e. The van der Waals surface area contributed by atoms with Crippen LogP contribution in [0.1, 0.15) is 42.6 Å². The largest absolute Gasteiger partial charge is 0.354 e. The topological polar surface area (TPSA) is 54.2 Å². The van der Waals surface area contributed by atoms with Crippen molar-refractivity contribution in [2.75, 3.05) is 7.05 Å². The van der Waals surface area contributed by atoms with Crippen LogP contribution < -0.4 is 10.6 Å². The number of hydrogen-bond acceptors (Lipinski definition) is 2. The third-order valence-corrected chi connectivity index (χ3v) is 4.01. The molecule has 0 bridgehead atoms. The standard InChI is InChI=1S/C14H25N5.HI/c1-10-13(11(2)19(4)18-10)9-16-14(15-3)17-12-7-5-6-8-12;/h12H,5-9H2,1-4H3,(H2,15,16,17);1H. The first-order valence-electron chi connectivity index (χ1n) is 7.08. The number of guanidine groups is 1. The summed E-state index contributed by atoms with van der Waals surface area (Å²) >= 11 is 0. The molecular weight excluding hydrogens is 365 g/mol. The van der Waals surface area contributed by atoms with Crippen molar-refractivity contribution in [3.63, 3.8) is 0 Å². The second kappa shape index (κ2) is 7.85. The van der Waals surface area contributed by atoms with Crippen LogP contribution >= 0.6 is 24.0 Å². The molecule has 1 aromatic rings. The molecule has 0 unspecified atom stereocenters. The highest BCUT2D eigenvalue weighted by Gasteiger charge is 2.16. The number of aryl methyl sites for hydroxylation is 2. The minimum absolute atomic E-state index is 0. The number of halogens is 1. The first-order valence-corrected chi connectivity index (χ1v) is 7.08. The van der Waals surface area contributed by atoms with Crippen LogP contribution in [0.3, 0.4) is 0 Å². The number of aliphatic imine (C=N–C) groups is 1. The SMILES string of the molecule is CN=C(NCc1c(C)nn(C)c1C)NC1CCCC1.I. The molecule has 0 atom stereocenters. The van der Waals surface area contributed by atoms with Crippen molar-refractivity contribution in [3.05, 3.63) is 17.0 Å². The molecule has 1 aliphatic rings. The predicted molar refractivity (Wildman–Crippen MR) is 93.7 cm³/mol. The lowest BCUT2D eigenvalue weighted by Gasteiger charge is -2.16. The monoisotopic (exact) mass is 391 g/mol. The minimum atomic E-state index is 0. The number of nitrogens with zero attached hydrogens (tertiary/aromatic N) is 3. The lowest BCUT2D eigenvalue weighted by atomic mass is 10.2. The number of nitrogens with one attached hydrogen (secondary N) is 2. The van der Waals surface area contributed by atoms with Gasteiger partial charge in [0.2, 0.25) is 0 Å². The maximum absolute atomic E-state index is 4.43. The average molecular weight is 391 g/mol. The molecule has 1 saturated carbocycles. The van der Waals surface area contributed by atoms with Gasteiger partial charge in [-0.05, 0) is 26.7 Å². The Labute approximate surface area is 138 Å². The van der Waals surface area contributed by atoms with Crippen molar-refractivity contribution >= 4 is 29.9 Å². The molecule has 5 nitrogen and oxygen atoms in total. The van der Waals surface area contributed by atoms with Crippen LogP contribution in [-0.2, 0) is 13.6 Å². The zero-order valence-corrected chi connectivity index (χ0v) is 15.2. The van der Waals surface area contributed by atoms with E-state index in [4.69, 9.17) is 0 Å².